The van der Waals surface area contributed by atoms with Gasteiger partial charge in [0.25, 0.3) is 0 Å². The molecule has 0 radical (unpaired) electrons. The van der Waals surface area contributed by atoms with Crippen LogP contribution < -0.4 is 5.32 Å². The van der Waals surface area contributed by atoms with Crippen LogP contribution in [0.5, 0.6) is 0 Å². The molecule has 6 nitrogen and oxygen atoms in total. The number of nitrogens with one attached hydrogen (secondary N) is 1. The zero-order chi connectivity index (χ0) is 18.1. The van der Waals surface area contributed by atoms with Gasteiger partial charge in [-0.05, 0) is 13.3 Å². The van der Waals surface area contributed by atoms with Crippen LogP contribution in [0.15, 0.2) is 39.5 Å². The summed E-state index contributed by atoms with van der Waals surface area (Å²) in [4.78, 5) is 13.1. The van der Waals surface area contributed by atoms with Crippen LogP contribution in [0, 0.1) is 0 Å². The lowest BCUT2D eigenvalue weighted by atomic mass is 10.0. The van der Waals surface area contributed by atoms with Crippen molar-refractivity contribution in [3.8, 4) is 0 Å². The van der Waals surface area contributed by atoms with E-state index < -0.39 is 0 Å². The zero-order valence-electron chi connectivity index (χ0n) is 15.7. The number of unbranched alkanes of at least 4 members (excludes halogenated alkanes) is 2. The molecule has 0 fully saturated rings. The van der Waals surface area contributed by atoms with Crippen molar-refractivity contribution in [1.29, 1.82) is 0 Å². The molecule has 6 heteroatoms. The van der Waals surface area contributed by atoms with Crippen molar-refractivity contribution < 1.29 is 0 Å². The molecule has 1 N–H and O–H groups in total. The van der Waals surface area contributed by atoms with Gasteiger partial charge in [0.1, 0.15) is 5.69 Å². The Morgan fingerprint density at radius 2 is 2.20 bits per heavy atom. The molecule has 1 aliphatic rings. The van der Waals surface area contributed by atoms with Crippen molar-refractivity contribution in [2.45, 2.75) is 46.1 Å². The highest BCUT2D eigenvalue weighted by Gasteiger charge is 2.18. The number of hydrogen-bond donors (Lipinski definition) is 1. The molecule has 0 aliphatic carbocycles. The second kappa shape index (κ2) is 9.71. The van der Waals surface area contributed by atoms with Gasteiger partial charge in [-0.1, -0.05) is 31.9 Å². The SMILES string of the molecule is CCCCC=C(C=NC)c1nn(CC)cc1C1=NC(=NC)NC=CC1. The van der Waals surface area contributed by atoms with Crippen LogP contribution in [0.1, 0.15) is 50.8 Å². The molecule has 134 valence electrons. The molecule has 1 aromatic rings. The van der Waals surface area contributed by atoms with E-state index in [-0.39, 0.29) is 0 Å². The standard InChI is InChI=1S/C19H28N6/c1-5-7-8-10-15(13-20-3)18-16(14-25(6-2)24-18)17-11-9-12-22-19(21-4)23-17/h9-10,12-14H,5-8,11H2,1-4H3,(H,21,22). The topological polar surface area (TPSA) is 66.9 Å². The second-order valence-corrected chi connectivity index (χ2v) is 5.79. The fourth-order valence-electron chi connectivity index (χ4n) is 2.61. The Kier molecular flexibility index (Phi) is 7.32. The fourth-order valence-corrected chi connectivity index (χ4v) is 2.61. The Morgan fingerprint density at radius 1 is 1.36 bits per heavy atom. The highest BCUT2D eigenvalue weighted by Crippen LogP contribution is 2.21. The maximum absolute atomic E-state index is 4.77. The average molecular weight is 340 g/mol. The smallest absolute Gasteiger partial charge is 0.222 e. The van der Waals surface area contributed by atoms with Gasteiger partial charge in [0.05, 0.1) is 5.71 Å². The number of aromatic nitrogens is 2. The number of hydrogen-bond acceptors (Lipinski definition) is 3. The van der Waals surface area contributed by atoms with Crippen LogP contribution in [0.3, 0.4) is 0 Å². The Morgan fingerprint density at radius 3 is 2.88 bits per heavy atom. The van der Waals surface area contributed by atoms with E-state index in [9.17, 15) is 0 Å². The molecule has 1 aromatic heterocycles. The summed E-state index contributed by atoms with van der Waals surface area (Å²) >= 11 is 0. The monoisotopic (exact) mass is 340 g/mol. The molecule has 0 saturated carbocycles. The summed E-state index contributed by atoms with van der Waals surface area (Å²) in [5.74, 6) is 0.611. The van der Waals surface area contributed by atoms with Crippen molar-refractivity contribution in [2.24, 2.45) is 15.0 Å². The predicted octanol–water partition coefficient (Wildman–Crippen LogP) is 3.46. The number of rotatable bonds is 7. The Labute approximate surface area is 150 Å². The maximum atomic E-state index is 4.77. The van der Waals surface area contributed by atoms with Gasteiger partial charge in [-0.25, -0.2) is 4.99 Å². The lowest BCUT2D eigenvalue weighted by Gasteiger charge is -2.05. The highest BCUT2D eigenvalue weighted by molar-refractivity contribution is 6.16. The molecule has 0 amide bonds. The minimum absolute atomic E-state index is 0.611. The number of allylic oxidation sites excluding steroid dienone is 3. The van der Waals surface area contributed by atoms with Crippen LogP contribution in [0.2, 0.25) is 0 Å². The third-order valence-corrected chi connectivity index (χ3v) is 3.95. The van der Waals surface area contributed by atoms with E-state index in [0.29, 0.717) is 5.96 Å². The van der Waals surface area contributed by atoms with E-state index in [1.807, 2.05) is 17.1 Å². The molecule has 2 rings (SSSR count). The fraction of sp³-hybridized carbons (Fsp3) is 0.474. The van der Waals surface area contributed by atoms with Crippen molar-refractivity contribution in [2.75, 3.05) is 14.1 Å². The number of nitrogens with zero attached hydrogens (tertiary/aromatic N) is 5. The lowest BCUT2D eigenvalue weighted by Crippen LogP contribution is -2.15. The molecule has 0 bridgehead atoms. The number of aliphatic imine (C=N–C) groups is 3. The first-order valence-corrected chi connectivity index (χ1v) is 8.89. The Bertz CT molecular complexity index is 718. The summed E-state index contributed by atoms with van der Waals surface area (Å²) in [6, 6.07) is 0. The molecule has 0 aromatic carbocycles. The minimum atomic E-state index is 0.611. The van der Waals surface area contributed by atoms with Gasteiger partial charge in [0.2, 0.25) is 5.96 Å². The van der Waals surface area contributed by atoms with Crippen LogP contribution in [0.25, 0.3) is 5.57 Å². The van der Waals surface area contributed by atoms with Crippen LogP contribution in [-0.2, 0) is 6.54 Å². The largest absolute Gasteiger partial charge is 0.331 e. The Balaban J connectivity index is 2.51. The molecular formula is C19H28N6. The maximum Gasteiger partial charge on any atom is 0.222 e. The van der Waals surface area contributed by atoms with Gasteiger partial charge in [-0.2, -0.15) is 5.10 Å². The number of guanidine groups is 1. The number of aryl methyl sites for hydroxylation is 1. The second-order valence-electron chi connectivity index (χ2n) is 5.79. The quantitative estimate of drug-likeness (QED) is 0.610. The van der Waals surface area contributed by atoms with Crippen molar-refractivity contribution in [1.82, 2.24) is 15.1 Å². The molecule has 0 spiro atoms. The van der Waals surface area contributed by atoms with Crippen molar-refractivity contribution in [3.05, 3.63) is 35.8 Å². The normalized spacial score (nSPS) is 17.0. The lowest BCUT2D eigenvalue weighted by molar-refractivity contribution is 0.657. The summed E-state index contributed by atoms with van der Waals surface area (Å²) in [7, 11) is 3.53. The van der Waals surface area contributed by atoms with Crippen LogP contribution in [0.4, 0.5) is 0 Å². The summed E-state index contributed by atoms with van der Waals surface area (Å²) in [5.41, 5.74) is 3.99. The average Bonchev–Trinajstić information content (AvgIpc) is 2.91. The summed E-state index contributed by atoms with van der Waals surface area (Å²) in [6.45, 7) is 5.10. The minimum Gasteiger partial charge on any atom is -0.331 e. The van der Waals surface area contributed by atoms with E-state index in [1.165, 1.54) is 6.42 Å². The summed E-state index contributed by atoms with van der Waals surface area (Å²) in [5, 5.41) is 7.86. The van der Waals surface area contributed by atoms with E-state index in [1.54, 1.807) is 14.1 Å². The molecule has 1 aliphatic heterocycles. The predicted molar refractivity (Wildman–Crippen MR) is 107 cm³/mol. The van der Waals surface area contributed by atoms with Gasteiger partial charge < -0.3 is 5.32 Å². The van der Waals surface area contributed by atoms with Crippen LogP contribution in [-0.4, -0.2) is 41.8 Å². The Hall–Kier alpha value is -2.50. The molecular weight excluding hydrogens is 312 g/mol. The van der Waals surface area contributed by atoms with E-state index >= 15 is 0 Å². The van der Waals surface area contributed by atoms with Crippen molar-refractivity contribution in [3.63, 3.8) is 0 Å². The first-order valence-electron chi connectivity index (χ1n) is 8.89. The van der Waals surface area contributed by atoms with Crippen molar-refractivity contribution >= 4 is 23.5 Å². The zero-order valence-corrected chi connectivity index (χ0v) is 15.7. The van der Waals surface area contributed by atoms with E-state index in [0.717, 1.165) is 48.3 Å². The molecule has 0 saturated heterocycles. The van der Waals surface area contributed by atoms with Gasteiger partial charge in [0.15, 0.2) is 0 Å². The van der Waals surface area contributed by atoms with E-state index in [2.05, 4.69) is 52.5 Å². The molecule has 25 heavy (non-hydrogen) atoms. The summed E-state index contributed by atoms with van der Waals surface area (Å²) in [6.07, 6.45) is 14.2. The molecule has 0 unspecified atom stereocenters. The molecule has 0 atom stereocenters. The van der Waals surface area contributed by atoms with Crippen LogP contribution >= 0.6 is 0 Å². The van der Waals surface area contributed by atoms with Gasteiger partial charge in [0, 0.05) is 56.8 Å². The third-order valence-electron chi connectivity index (χ3n) is 3.95. The summed E-state index contributed by atoms with van der Waals surface area (Å²) < 4.78 is 1.95. The first kappa shape index (κ1) is 18.8. The highest BCUT2D eigenvalue weighted by atomic mass is 15.3. The first-order chi connectivity index (χ1) is 12.2. The third kappa shape index (κ3) is 4.98. The van der Waals surface area contributed by atoms with Gasteiger partial charge >= 0.3 is 0 Å². The molecule has 2 heterocycles. The van der Waals surface area contributed by atoms with Gasteiger partial charge in [-0.3, -0.25) is 14.7 Å². The van der Waals surface area contributed by atoms with Gasteiger partial charge in [-0.15, -0.1) is 0 Å². The van der Waals surface area contributed by atoms with E-state index in [4.69, 9.17) is 5.10 Å².